The Balaban J connectivity index is 1.81. The van der Waals surface area contributed by atoms with E-state index in [0.717, 1.165) is 5.56 Å². The minimum absolute atomic E-state index is 0.439. The lowest BCUT2D eigenvalue weighted by atomic mass is 9.97. The van der Waals surface area contributed by atoms with E-state index in [0.29, 0.717) is 12.3 Å². The lowest BCUT2D eigenvalue weighted by Crippen LogP contribution is -2.01. The second-order valence-electron chi connectivity index (χ2n) is 5.80. The largest absolute Gasteiger partial charge is 0.388 e. The molecule has 3 rings (SSSR count). The van der Waals surface area contributed by atoms with Crippen molar-refractivity contribution >= 4 is 21.4 Å². The van der Waals surface area contributed by atoms with E-state index in [4.69, 9.17) is 0 Å². The molecule has 0 fully saturated rings. The van der Waals surface area contributed by atoms with Crippen LogP contribution >= 0.6 is 11.3 Å². The third-order valence-electron chi connectivity index (χ3n) is 3.95. The molecule has 0 bridgehead atoms. The van der Waals surface area contributed by atoms with Gasteiger partial charge in [-0.25, -0.2) is 0 Å². The van der Waals surface area contributed by atoms with E-state index in [-0.39, 0.29) is 0 Å². The highest BCUT2D eigenvalue weighted by Gasteiger charge is 2.13. The summed E-state index contributed by atoms with van der Waals surface area (Å²) in [7, 11) is 0. The van der Waals surface area contributed by atoms with Crippen molar-refractivity contribution < 1.29 is 5.11 Å². The van der Waals surface area contributed by atoms with E-state index in [9.17, 15) is 5.11 Å². The first-order valence-electron chi connectivity index (χ1n) is 7.38. The van der Waals surface area contributed by atoms with Crippen molar-refractivity contribution in [1.82, 2.24) is 0 Å². The molecule has 1 heterocycles. The van der Waals surface area contributed by atoms with Crippen molar-refractivity contribution in [1.29, 1.82) is 0 Å². The Labute approximate surface area is 129 Å². The van der Waals surface area contributed by atoms with Crippen LogP contribution in [0.5, 0.6) is 0 Å². The van der Waals surface area contributed by atoms with Gasteiger partial charge in [-0.15, -0.1) is 11.3 Å². The van der Waals surface area contributed by atoms with Crippen LogP contribution in [0.1, 0.15) is 42.6 Å². The predicted octanol–water partition coefficient (Wildman–Crippen LogP) is 5.30. The number of rotatable bonds is 4. The Morgan fingerprint density at radius 3 is 2.43 bits per heavy atom. The first-order chi connectivity index (χ1) is 10.1. The van der Waals surface area contributed by atoms with Gasteiger partial charge in [0.05, 0.1) is 6.10 Å². The Kier molecular flexibility index (Phi) is 4.09. The molecule has 0 aliphatic carbocycles. The summed E-state index contributed by atoms with van der Waals surface area (Å²) < 4.78 is 1.24. The van der Waals surface area contributed by atoms with Gasteiger partial charge in [-0.1, -0.05) is 56.3 Å². The van der Waals surface area contributed by atoms with Crippen LogP contribution in [-0.4, -0.2) is 5.11 Å². The smallest absolute Gasteiger partial charge is 0.0844 e. The first-order valence-corrected chi connectivity index (χ1v) is 8.26. The summed E-state index contributed by atoms with van der Waals surface area (Å²) in [6, 6.07) is 16.9. The Morgan fingerprint density at radius 1 is 1.00 bits per heavy atom. The van der Waals surface area contributed by atoms with Gasteiger partial charge in [-0.3, -0.25) is 0 Å². The summed E-state index contributed by atoms with van der Waals surface area (Å²) in [6.07, 6.45) is 0.227. The number of hydrogen-bond acceptors (Lipinski definition) is 2. The Hall–Kier alpha value is -1.64. The normalized spacial score (nSPS) is 13.0. The highest BCUT2D eigenvalue weighted by atomic mass is 32.1. The molecular formula is C19H20OS. The molecule has 0 radical (unpaired) electrons. The monoisotopic (exact) mass is 296 g/mol. The highest BCUT2D eigenvalue weighted by Crippen LogP contribution is 2.31. The quantitative estimate of drug-likeness (QED) is 0.692. The average Bonchev–Trinajstić information content (AvgIpc) is 2.92. The molecule has 1 nitrogen and oxygen atoms in total. The van der Waals surface area contributed by atoms with Gasteiger partial charge < -0.3 is 5.11 Å². The molecule has 21 heavy (non-hydrogen) atoms. The summed E-state index contributed by atoms with van der Waals surface area (Å²) in [5.74, 6) is 0.546. The minimum atomic E-state index is -0.439. The molecule has 1 N–H and O–H groups in total. The molecule has 0 aliphatic rings. The van der Waals surface area contributed by atoms with Crippen molar-refractivity contribution in [3.05, 3.63) is 70.6 Å². The van der Waals surface area contributed by atoms with Gasteiger partial charge in [0.2, 0.25) is 0 Å². The maximum atomic E-state index is 10.5. The van der Waals surface area contributed by atoms with Gasteiger partial charge in [0, 0.05) is 11.1 Å². The van der Waals surface area contributed by atoms with E-state index in [1.807, 2.05) is 12.1 Å². The first kappa shape index (κ1) is 14.3. The van der Waals surface area contributed by atoms with Crippen molar-refractivity contribution in [2.45, 2.75) is 32.3 Å². The number of thiophene rings is 1. The maximum Gasteiger partial charge on any atom is 0.0844 e. The van der Waals surface area contributed by atoms with Gasteiger partial charge >= 0.3 is 0 Å². The van der Waals surface area contributed by atoms with E-state index < -0.39 is 6.10 Å². The number of hydrogen-bond donors (Lipinski definition) is 1. The lowest BCUT2D eigenvalue weighted by Gasteiger charge is -2.11. The topological polar surface area (TPSA) is 20.2 Å². The fourth-order valence-corrected chi connectivity index (χ4v) is 3.64. The van der Waals surface area contributed by atoms with Crippen molar-refractivity contribution in [3.8, 4) is 0 Å². The summed E-state index contributed by atoms with van der Waals surface area (Å²) in [5, 5.41) is 13.8. The summed E-state index contributed by atoms with van der Waals surface area (Å²) in [6.45, 7) is 4.39. The molecule has 1 atom stereocenters. The molecule has 2 aromatic carbocycles. The van der Waals surface area contributed by atoms with Crippen LogP contribution in [0.25, 0.3) is 10.1 Å². The van der Waals surface area contributed by atoms with Crippen LogP contribution in [0.15, 0.2) is 53.9 Å². The van der Waals surface area contributed by atoms with Gasteiger partial charge in [0.15, 0.2) is 0 Å². The molecule has 3 aromatic rings. The molecular weight excluding hydrogens is 276 g/mol. The molecule has 0 spiro atoms. The second-order valence-corrected chi connectivity index (χ2v) is 6.71. The SMILES string of the molecule is CC(C)c1ccc(CC(O)c2csc3ccccc23)cc1. The number of aliphatic hydroxyl groups is 1. The molecule has 0 saturated heterocycles. The van der Waals surface area contributed by atoms with Gasteiger partial charge in [-0.2, -0.15) is 0 Å². The zero-order valence-corrected chi connectivity index (χ0v) is 13.2. The van der Waals surface area contributed by atoms with Crippen LogP contribution in [0.2, 0.25) is 0 Å². The molecule has 0 saturated carbocycles. The summed E-state index contributed by atoms with van der Waals surface area (Å²) in [5.41, 5.74) is 3.57. The molecule has 0 amide bonds. The van der Waals surface area contributed by atoms with E-state index in [1.54, 1.807) is 11.3 Å². The fourth-order valence-electron chi connectivity index (χ4n) is 2.63. The van der Waals surface area contributed by atoms with E-state index >= 15 is 0 Å². The summed E-state index contributed by atoms with van der Waals surface area (Å²) >= 11 is 1.70. The number of aliphatic hydroxyl groups excluding tert-OH is 1. The van der Waals surface area contributed by atoms with Crippen molar-refractivity contribution in [3.63, 3.8) is 0 Å². The standard InChI is InChI=1S/C19H20OS/c1-13(2)15-9-7-14(8-10-15)11-18(20)17-12-21-19-6-4-3-5-16(17)19/h3-10,12-13,18,20H,11H2,1-2H3. The zero-order chi connectivity index (χ0) is 14.8. The molecule has 1 unspecified atom stereocenters. The third kappa shape index (κ3) is 3.02. The number of benzene rings is 2. The van der Waals surface area contributed by atoms with E-state index in [2.05, 4.69) is 55.6 Å². The second kappa shape index (κ2) is 6.00. The van der Waals surface area contributed by atoms with Crippen LogP contribution in [-0.2, 0) is 6.42 Å². The summed E-state index contributed by atoms with van der Waals surface area (Å²) in [4.78, 5) is 0. The van der Waals surface area contributed by atoms with Gasteiger partial charge in [-0.05, 0) is 39.4 Å². The van der Waals surface area contributed by atoms with Gasteiger partial charge in [0.1, 0.15) is 0 Å². The van der Waals surface area contributed by atoms with Crippen LogP contribution in [0.3, 0.4) is 0 Å². The average molecular weight is 296 g/mol. The molecule has 108 valence electrons. The lowest BCUT2D eigenvalue weighted by molar-refractivity contribution is 0.180. The van der Waals surface area contributed by atoms with Gasteiger partial charge in [0.25, 0.3) is 0 Å². The maximum absolute atomic E-state index is 10.5. The minimum Gasteiger partial charge on any atom is -0.388 e. The Bertz CT molecular complexity index is 725. The van der Waals surface area contributed by atoms with Crippen LogP contribution in [0, 0.1) is 0 Å². The van der Waals surface area contributed by atoms with Crippen LogP contribution in [0.4, 0.5) is 0 Å². The highest BCUT2D eigenvalue weighted by molar-refractivity contribution is 7.17. The van der Waals surface area contributed by atoms with Crippen molar-refractivity contribution in [2.24, 2.45) is 0 Å². The third-order valence-corrected chi connectivity index (χ3v) is 4.93. The molecule has 0 aliphatic heterocycles. The number of fused-ring (bicyclic) bond motifs is 1. The van der Waals surface area contributed by atoms with Crippen LogP contribution < -0.4 is 0 Å². The zero-order valence-electron chi connectivity index (χ0n) is 12.4. The van der Waals surface area contributed by atoms with Crippen molar-refractivity contribution in [2.75, 3.05) is 0 Å². The molecule has 1 aromatic heterocycles. The van der Waals surface area contributed by atoms with E-state index in [1.165, 1.54) is 21.2 Å². The Morgan fingerprint density at radius 2 is 1.71 bits per heavy atom. The fraction of sp³-hybridized carbons (Fsp3) is 0.263. The predicted molar refractivity (Wildman–Crippen MR) is 91.0 cm³/mol. The molecule has 2 heteroatoms.